The highest BCUT2D eigenvalue weighted by molar-refractivity contribution is 7.90. The molecular formula is C43H41Cl2F5N9O17PS2. The number of terminal acetylenes is 1. The lowest BCUT2D eigenvalue weighted by molar-refractivity contribution is -0.135. The highest BCUT2D eigenvalue weighted by Crippen LogP contribution is 2.38. The maximum absolute atomic E-state index is 14.5. The van der Waals surface area contributed by atoms with Crippen molar-refractivity contribution in [3.63, 3.8) is 0 Å². The lowest BCUT2D eigenvalue weighted by Crippen LogP contribution is -2.39. The zero-order chi connectivity index (χ0) is 59.2. The van der Waals surface area contributed by atoms with Crippen molar-refractivity contribution in [2.45, 2.75) is 44.9 Å². The van der Waals surface area contributed by atoms with E-state index in [2.05, 4.69) is 53.9 Å². The number of hydrogen-bond acceptors (Lipinski definition) is 18. The van der Waals surface area contributed by atoms with Crippen LogP contribution in [0.25, 0.3) is 0 Å². The third-order valence-corrected chi connectivity index (χ3v) is 12.9. The SMILES string of the molecule is C#CCN1C(=O)COc2cc(F)c(/N=c3\snc4n3CC(C)(C)C4)cc21.COc1c(Cl)ccc(Cl)c1C(=O)O.O=C(Nc1nc(OC(F)F)cc(OC(F)F)n1)NS(=O)(=O)c1ccccc1C(=O)O.O=C(O)CNCP(=O)(O)O. The van der Waals surface area contributed by atoms with E-state index >= 15 is 0 Å². The second kappa shape index (κ2) is 27.8. The smallest absolute Gasteiger partial charge is 0.388 e. The van der Waals surface area contributed by atoms with Crippen molar-refractivity contribution in [2.24, 2.45) is 10.4 Å². The maximum atomic E-state index is 14.5. The molecule has 0 unspecified atom stereocenters. The van der Waals surface area contributed by atoms with Gasteiger partial charge in [-0.05, 0) is 35.7 Å². The normalized spacial score (nSPS) is 13.4. The van der Waals surface area contributed by atoms with Crippen LogP contribution >= 0.6 is 42.3 Å². The molecule has 0 fully saturated rings. The molecule has 2 aromatic heterocycles. The number of carbonyl (C=O) groups is 5. The van der Waals surface area contributed by atoms with Crippen molar-refractivity contribution < 1.29 is 103 Å². The summed E-state index contributed by atoms with van der Waals surface area (Å²) in [6.07, 6.45) is 5.62. The lowest BCUT2D eigenvalue weighted by Gasteiger charge is -2.28. The van der Waals surface area contributed by atoms with Gasteiger partial charge in [0.05, 0.1) is 53.8 Å². The zero-order valence-electron chi connectivity index (χ0n) is 40.4. The fourth-order valence-corrected chi connectivity index (χ4v) is 9.16. The summed E-state index contributed by atoms with van der Waals surface area (Å²) in [5, 5.41) is 29.9. The molecule has 0 saturated carbocycles. The Labute approximate surface area is 456 Å². The number of fused-ring (bicyclic) bond motifs is 2. The Morgan fingerprint density at radius 1 is 0.987 bits per heavy atom. The molecule has 79 heavy (non-hydrogen) atoms. The Hall–Kier alpha value is -7.70. The summed E-state index contributed by atoms with van der Waals surface area (Å²) in [5.74, 6) is -3.76. The van der Waals surface area contributed by atoms with Crippen molar-refractivity contribution in [1.82, 2.24) is 28.9 Å². The van der Waals surface area contributed by atoms with Crippen LogP contribution in [-0.4, -0.2) is 129 Å². The van der Waals surface area contributed by atoms with Gasteiger partial charge >= 0.3 is 44.8 Å². The van der Waals surface area contributed by atoms with Crippen molar-refractivity contribution in [3.8, 4) is 35.6 Å². The van der Waals surface area contributed by atoms with Gasteiger partial charge < -0.3 is 48.6 Å². The number of methoxy groups -OCH3 is 1. The minimum Gasteiger partial charge on any atom is -0.494 e. The second-order valence-corrected chi connectivity index (χ2v) is 20.9. The largest absolute Gasteiger partial charge is 0.494 e. The molecule has 0 aliphatic carbocycles. The van der Waals surface area contributed by atoms with Gasteiger partial charge in [-0.25, -0.2) is 36.9 Å². The Balaban J connectivity index is 0.000000247. The van der Waals surface area contributed by atoms with E-state index in [9.17, 15) is 58.9 Å². The molecule has 2 aliphatic heterocycles. The number of rotatable bonds is 16. The number of ether oxygens (including phenoxy) is 4. The van der Waals surface area contributed by atoms with E-state index in [1.54, 1.807) is 5.32 Å². The monoisotopic (exact) mass is 1220 g/mol. The van der Waals surface area contributed by atoms with Crippen LogP contribution in [0.15, 0.2) is 64.5 Å². The molecule has 8 N–H and O–H groups in total. The average molecular weight is 1220 g/mol. The first-order valence-corrected chi connectivity index (χ1v) is 26.1. The fourth-order valence-electron chi connectivity index (χ4n) is 6.43. The summed E-state index contributed by atoms with van der Waals surface area (Å²) in [4.78, 5) is 84.3. The van der Waals surface area contributed by atoms with Crippen LogP contribution in [0.3, 0.4) is 0 Å². The highest BCUT2D eigenvalue weighted by atomic mass is 35.5. The van der Waals surface area contributed by atoms with Crippen molar-refractivity contribution in [3.05, 3.63) is 92.2 Å². The molecule has 4 heterocycles. The van der Waals surface area contributed by atoms with Crippen LogP contribution in [0.5, 0.6) is 23.3 Å². The maximum Gasteiger partial charge on any atom is 0.388 e. The summed E-state index contributed by atoms with van der Waals surface area (Å²) < 4.78 is 124. The number of nitrogens with one attached hydrogen (secondary N) is 3. The molecule has 7 rings (SSSR count). The molecule has 0 radical (unpaired) electrons. The second-order valence-electron chi connectivity index (χ2n) is 16.0. The van der Waals surface area contributed by atoms with Gasteiger partial charge in [0.1, 0.15) is 27.7 Å². The van der Waals surface area contributed by atoms with Gasteiger partial charge in [0.25, 0.3) is 15.9 Å². The summed E-state index contributed by atoms with van der Waals surface area (Å²) in [5.41, 5.74) is -0.0806. The number of amides is 3. The van der Waals surface area contributed by atoms with Gasteiger partial charge in [0.15, 0.2) is 18.2 Å². The number of carboxylic acids is 3. The standard InChI is InChI=1S/C18H17FN4O2S.C14H10F4N4O7S.C8H6Cl2O3.C3H8NO5P/c1-4-5-22-13-7-12(11(19)6-14(13)25-9-16(22)24)20-17-23-10-18(2,3)8-15(23)21-26-17;15-11(16)28-8-5-9(29-12(17)18)20-13(19-8)21-14(25)22-30(26,27)7-4-2-1-3-6(7)10(23)24;1-13-7-5(10)3-2-4(9)6(7)8(11)12;5-3(6)1-4-2-10(7,8)9/h1,6-7H,5,8-10H2,2-3H3;1-5,11-12H,(H,23,24)(H2,19,20,21,22,25);2-3H,1H3,(H,11,12);4H,1-2H2,(H,5,6)(H2,7,8,9)/b20-17-;;;. The molecule has 426 valence electrons. The zero-order valence-corrected chi connectivity index (χ0v) is 44.4. The van der Waals surface area contributed by atoms with Crippen LogP contribution in [0.2, 0.25) is 10.0 Å². The van der Waals surface area contributed by atoms with E-state index in [4.69, 9.17) is 64.2 Å². The minimum atomic E-state index is -4.71. The first-order chi connectivity index (χ1) is 36.8. The number of nitrogens with zero attached hydrogens (tertiary/aromatic N) is 6. The van der Waals surface area contributed by atoms with Gasteiger partial charge in [-0.1, -0.05) is 55.1 Å². The van der Waals surface area contributed by atoms with Gasteiger partial charge in [0, 0.05) is 30.6 Å². The Morgan fingerprint density at radius 3 is 2.15 bits per heavy atom. The van der Waals surface area contributed by atoms with Gasteiger partial charge in [-0.15, -0.1) is 6.42 Å². The van der Waals surface area contributed by atoms with Crippen LogP contribution in [0.4, 0.5) is 44.1 Å². The number of sulfonamides is 1. The summed E-state index contributed by atoms with van der Waals surface area (Å²) in [6, 6.07) is 8.87. The molecule has 0 bridgehead atoms. The fraction of sp³-hybridized carbons (Fsp3) is 0.279. The molecular weight excluding hydrogens is 1180 g/mol. The molecule has 3 amide bonds. The number of alkyl halides is 4. The van der Waals surface area contributed by atoms with Crippen LogP contribution in [-0.2, 0) is 37.1 Å². The predicted molar refractivity (Wildman–Crippen MR) is 266 cm³/mol. The number of aromatic nitrogens is 4. The Morgan fingerprint density at radius 2 is 1.61 bits per heavy atom. The topological polar surface area (TPSA) is 370 Å². The number of carbonyl (C=O) groups excluding carboxylic acids is 2. The van der Waals surface area contributed by atoms with Gasteiger partial charge in [0.2, 0.25) is 22.5 Å². The summed E-state index contributed by atoms with van der Waals surface area (Å²) in [7, 11) is -7.47. The van der Waals surface area contributed by atoms with E-state index in [-0.39, 0.29) is 51.5 Å². The molecule has 3 aromatic carbocycles. The molecule has 0 atom stereocenters. The highest BCUT2D eigenvalue weighted by Gasteiger charge is 2.32. The third-order valence-electron chi connectivity index (χ3n) is 9.46. The van der Waals surface area contributed by atoms with E-state index in [0.29, 0.717) is 22.3 Å². The van der Waals surface area contributed by atoms with Crippen molar-refractivity contribution in [2.75, 3.05) is 43.3 Å². The molecule has 2 aliphatic rings. The number of carboxylic acid groups (broad SMARTS) is 3. The van der Waals surface area contributed by atoms with Crippen molar-refractivity contribution in [1.29, 1.82) is 0 Å². The molecule has 0 saturated heterocycles. The molecule has 26 nitrogen and oxygen atoms in total. The van der Waals surface area contributed by atoms with E-state index in [1.165, 1.54) is 64.7 Å². The molecule has 5 aromatic rings. The predicted octanol–water partition coefficient (Wildman–Crippen LogP) is 5.64. The summed E-state index contributed by atoms with van der Waals surface area (Å²) in [6.45, 7) is -2.20. The minimum absolute atomic E-state index is 0.0849. The molecule has 0 spiro atoms. The number of halogens is 7. The van der Waals surface area contributed by atoms with Crippen LogP contribution in [0, 0.1) is 23.6 Å². The first kappa shape index (κ1) is 63.8. The average Bonchev–Trinajstić information content (AvgIpc) is 4.00. The van der Waals surface area contributed by atoms with E-state index in [0.717, 1.165) is 30.9 Å². The number of benzene rings is 3. The van der Waals surface area contributed by atoms with E-state index < -0.39 is 102 Å². The Bertz CT molecular complexity index is 3360. The number of urea groups is 1. The van der Waals surface area contributed by atoms with Crippen LogP contribution < -0.4 is 44.0 Å². The summed E-state index contributed by atoms with van der Waals surface area (Å²) >= 11 is 12.6. The third kappa shape index (κ3) is 19.0. The van der Waals surface area contributed by atoms with E-state index in [1.807, 2.05) is 4.57 Å². The van der Waals surface area contributed by atoms with Crippen molar-refractivity contribution >= 4 is 99.5 Å². The van der Waals surface area contributed by atoms with Gasteiger partial charge in [-0.3, -0.25) is 29.7 Å². The number of anilines is 2. The first-order valence-electron chi connectivity index (χ1n) is 21.3. The quantitative estimate of drug-likeness (QED) is 0.0336. The number of hydrogen-bond donors (Lipinski definition) is 8. The number of aromatic carboxylic acids is 2. The Kier molecular flexibility index (Phi) is 22.4. The molecule has 36 heteroatoms. The van der Waals surface area contributed by atoms with Crippen LogP contribution in [0.1, 0.15) is 40.4 Å². The van der Waals surface area contributed by atoms with Gasteiger partial charge in [-0.2, -0.15) is 31.9 Å². The number of aliphatic carboxylic acids is 1. The lowest BCUT2D eigenvalue weighted by atomic mass is 9.92.